The van der Waals surface area contributed by atoms with Crippen molar-refractivity contribution in [2.75, 3.05) is 28.8 Å². The predicted molar refractivity (Wildman–Crippen MR) is 122 cm³/mol. The summed E-state index contributed by atoms with van der Waals surface area (Å²) in [5.41, 5.74) is 7.34. The fourth-order valence-electron chi connectivity index (χ4n) is 3.36. The number of amides is 1. The molecule has 1 saturated heterocycles. The smallest absolute Gasteiger partial charge is 0.311 e. The monoisotopic (exact) mass is 450 g/mol. The van der Waals surface area contributed by atoms with Crippen LogP contribution in [0.4, 0.5) is 23.3 Å². The average molecular weight is 451 g/mol. The molecule has 164 valence electrons. The summed E-state index contributed by atoms with van der Waals surface area (Å²) in [4.78, 5) is 40.1. The van der Waals surface area contributed by atoms with E-state index in [1.165, 1.54) is 0 Å². The largest absolute Gasteiger partial charge is 0.457 e. The second-order valence-electron chi connectivity index (χ2n) is 7.14. The van der Waals surface area contributed by atoms with Gasteiger partial charge >= 0.3 is 5.97 Å². The molecule has 1 aliphatic rings. The fraction of sp³-hybridized carbons (Fsp3) is 0.227. The number of ether oxygens (including phenoxy) is 1. The Morgan fingerprint density at radius 2 is 2.00 bits per heavy atom. The van der Waals surface area contributed by atoms with Crippen molar-refractivity contribution >= 4 is 46.9 Å². The number of nitrogens with zero attached hydrogens (tertiary/aromatic N) is 4. The van der Waals surface area contributed by atoms with Gasteiger partial charge in [0.1, 0.15) is 0 Å². The minimum atomic E-state index is -0.554. The second kappa shape index (κ2) is 9.65. The van der Waals surface area contributed by atoms with Gasteiger partial charge in [0, 0.05) is 29.2 Å². The summed E-state index contributed by atoms with van der Waals surface area (Å²) in [5, 5.41) is 3.03. The van der Waals surface area contributed by atoms with Crippen LogP contribution in [0.3, 0.4) is 0 Å². The Balaban J connectivity index is 1.38. The van der Waals surface area contributed by atoms with Crippen molar-refractivity contribution in [1.29, 1.82) is 0 Å². The Morgan fingerprint density at radius 1 is 1.19 bits per heavy atom. The third kappa shape index (κ3) is 5.14. The molecule has 0 radical (unpaired) electrons. The molecule has 1 atom stereocenters. The highest BCUT2D eigenvalue weighted by atomic mass is 32.2. The van der Waals surface area contributed by atoms with Crippen LogP contribution in [0.1, 0.15) is 12.2 Å². The molecule has 2 aromatic carbocycles. The Kier molecular flexibility index (Phi) is 6.50. The van der Waals surface area contributed by atoms with E-state index in [1.54, 1.807) is 16.7 Å². The summed E-state index contributed by atoms with van der Waals surface area (Å²) in [6, 6.07) is 17.0. The molecular weight excluding hydrogens is 428 g/mol. The van der Waals surface area contributed by atoms with Crippen LogP contribution in [0.15, 0.2) is 59.5 Å². The minimum Gasteiger partial charge on any atom is -0.457 e. The lowest BCUT2D eigenvalue weighted by atomic mass is 10.1. The number of hydrogen-bond acceptors (Lipinski definition) is 9. The third-order valence-electron chi connectivity index (χ3n) is 4.90. The number of hydrogen-bond donors (Lipinski definition) is 2. The van der Waals surface area contributed by atoms with Gasteiger partial charge in [0.25, 0.3) is 0 Å². The number of anilines is 4. The van der Waals surface area contributed by atoms with Gasteiger partial charge in [-0.15, -0.1) is 11.8 Å². The van der Waals surface area contributed by atoms with Crippen LogP contribution >= 0.6 is 11.8 Å². The Hall–Kier alpha value is -3.66. The maximum absolute atomic E-state index is 12.6. The summed E-state index contributed by atoms with van der Waals surface area (Å²) in [6.07, 6.45) is 2.07. The number of aromatic nitrogens is 3. The number of carbonyl (C=O) groups is 2. The van der Waals surface area contributed by atoms with Crippen molar-refractivity contribution in [3.63, 3.8) is 0 Å². The number of benzene rings is 2. The van der Waals surface area contributed by atoms with Crippen LogP contribution in [0.25, 0.3) is 0 Å². The van der Waals surface area contributed by atoms with Crippen molar-refractivity contribution in [2.24, 2.45) is 5.92 Å². The molecule has 2 heterocycles. The standard InChI is InChI=1S/C22H22N6O3S/c1-32-17-9-5-8-16(11-17)28-12-14(10-19(28)29)20(30)31-13-18-25-21(23)27-22(26-18)24-15-6-3-2-4-7-15/h2-9,11,14H,10,12-13H2,1H3,(H3,23,24,25,26,27). The molecule has 1 amide bonds. The number of esters is 1. The molecule has 3 N–H and O–H groups in total. The zero-order chi connectivity index (χ0) is 22.5. The normalized spacial score (nSPS) is 15.6. The Bertz CT molecular complexity index is 1130. The van der Waals surface area contributed by atoms with E-state index in [4.69, 9.17) is 10.5 Å². The highest BCUT2D eigenvalue weighted by molar-refractivity contribution is 7.98. The van der Waals surface area contributed by atoms with Crippen LogP contribution in [0.2, 0.25) is 0 Å². The van der Waals surface area contributed by atoms with E-state index >= 15 is 0 Å². The Morgan fingerprint density at radius 3 is 2.78 bits per heavy atom. The molecule has 1 aromatic heterocycles. The van der Waals surface area contributed by atoms with Crippen molar-refractivity contribution in [3.8, 4) is 0 Å². The van der Waals surface area contributed by atoms with E-state index < -0.39 is 11.9 Å². The van der Waals surface area contributed by atoms with E-state index in [9.17, 15) is 9.59 Å². The Labute approximate surface area is 189 Å². The van der Waals surface area contributed by atoms with Crippen molar-refractivity contribution in [3.05, 3.63) is 60.4 Å². The van der Waals surface area contributed by atoms with Gasteiger partial charge in [-0.3, -0.25) is 9.59 Å². The molecule has 0 bridgehead atoms. The number of thioether (sulfide) groups is 1. The molecule has 10 heteroatoms. The van der Waals surface area contributed by atoms with Crippen LogP contribution in [0, 0.1) is 5.92 Å². The molecule has 1 unspecified atom stereocenters. The van der Waals surface area contributed by atoms with Gasteiger partial charge in [0.15, 0.2) is 12.4 Å². The third-order valence-corrected chi connectivity index (χ3v) is 5.62. The summed E-state index contributed by atoms with van der Waals surface area (Å²) in [6.45, 7) is 0.108. The van der Waals surface area contributed by atoms with Gasteiger partial charge in [-0.2, -0.15) is 15.0 Å². The summed E-state index contributed by atoms with van der Waals surface area (Å²) < 4.78 is 5.39. The van der Waals surface area contributed by atoms with Gasteiger partial charge in [-0.1, -0.05) is 24.3 Å². The predicted octanol–water partition coefficient (Wildman–Crippen LogP) is 3.02. The van der Waals surface area contributed by atoms with Crippen LogP contribution in [-0.2, 0) is 20.9 Å². The fourth-order valence-corrected chi connectivity index (χ4v) is 3.81. The number of rotatable bonds is 7. The first-order valence-electron chi connectivity index (χ1n) is 9.95. The quantitative estimate of drug-likeness (QED) is 0.413. The van der Waals surface area contributed by atoms with E-state index in [-0.39, 0.29) is 43.2 Å². The van der Waals surface area contributed by atoms with Crippen molar-refractivity contribution < 1.29 is 14.3 Å². The topological polar surface area (TPSA) is 123 Å². The summed E-state index contributed by atoms with van der Waals surface area (Å²) in [7, 11) is 0. The first kappa shape index (κ1) is 21.6. The van der Waals surface area contributed by atoms with Gasteiger partial charge in [-0.25, -0.2) is 0 Å². The van der Waals surface area contributed by atoms with E-state index in [1.807, 2.05) is 60.9 Å². The highest BCUT2D eigenvalue weighted by Gasteiger charge is 2.36. The maximum atomic E-state index is 12.6. The molecule has 0 saturated carbocycles. The lowest BCUT2D eigenvalue weighted by Gasteiger charge is -2.17. The molecule has 3 aromatic rings. The van der Waals surface area contributed by atoms with Gasteiger partial charge in [0.2, 0.25) is 17.8 Å². The lowest BCUT2D eigenvalue weighted by molar-refractivity contribution is -0.149. The maximum Gasteiger partial charge on any atom is 0.311 e. The van der Waals surface area contributed by atoms with Gasteiger partial charge in [-0.05, 0) is 36.6 Å². The first-order chi connectivity index (χ1) is 15.5. The average Bonchev–Trinajstić information content (AvgIpc) is 3.19. The molecule has 9 nitrogen and oxygen atoms in total. The number of carbonyl (C=O) groups excluding carboxylic acids is 2. The molecular formula is C22H22N6O3S. The first-order valence-corrected chi connectivity index (χ1v) is 11.2. The SMILES string of the molecule is CSc1cccc(N2CC(C(=O)OCc3nc(N)nc(Nc4ccccc4)n3)CC2=O)c1. The summed E-state index contributed by atoms with van der Waals surface area (Å²) in [5.74, 6) is -0.645. The molecule has 4 rings (SSSR count). The zero-order valence-corrected chi connectivity index (χ0v) is 18.2. The van der Waals surface area contributed by atoms with Gasteiger partial charge in [0.05, 0.1) is 5.92 Å². The molecule has 0 spiro atoms. The van der Waals surface area contributed by atoms with E-state index in [0.29, 0.717) is 0 Å². The second-order valence-corrected chi connectivity index (χ2v) is 8.02. The number of nitrogen functional groups attached to an aromatic ring is 1. The lowest BCUT2D eigenvalue weighted by Crippen LogP contribution is -2.26. The molecule has 1 aliphatic heterocycles. The number of nitrogens with two attached hydrogens (primary N) is 1. The summed E-state index contributed by atoms with van der Waals surface area (Å²) >= 11 is 1.59. The van der Waals surface area contributed by atoms with Crippen molar-refractivity contribution in [1.82, 2.24) is 15.0 Å². The highest BCUT2D eigenvalue weighted by Crippen LogP contribution is 2.28. The molecule has 0 aliphatic carbocycles. The molecule has 32 heavy (non-hydrogen) atoms. The van der Waals surface area contributed by atoms with Crippen molar-refractivity contribution in [2.45, 2.75) is 17.9 Å². The molecule has 1 fully saturated rings. The van der Waals surface area contributed by atoms with Crippen LogP contribution < -0.4 is 16.0 Å². The zero-order valence-electron chi connectivity index (χ0n) is 17.4. The number of para-hydroxylation sites is 1. The van der Waals surface area contributed by atoms with E-state index in [0.717, 1.165) is 16.3 Å². The van der Waals surface area contributed by atoms with Crippen LogP contribution in [0.5, 0.6) is 0 Å². The number of nitrogens with one attached hydrogen (secondary N) is 1. The van der Waals surface area contributed by atoms with Crippen LogP contribution in [-0.4, -0.2) is 39.6 Å². The minimum absolute atomic E-state index is 0.0142. The van der Waals surface area contributed by atoms with E-state index in [2.05, 4.69) is 20.3 Å². The van der Waals surface area contributed by atoms with Gasteiger partial charge < -0.3 is 20.7 Å².